The first-order valence-electron chi connectivity index (χ1n) is 30.0. The first-order chi connectivity index (χ1) is 43.1. The van der Waals surface area contributed by atoms with E-state index in [4.69, 9.17) is 38.1 Å². The molecule has 0 spiro atoms. The molecule has 4 heterocycles. The van der Waals surface area contributed by atoms with Crippen LogP contribution in [0.2, 0.25) is 0 Å². The molecule has 6 aromatic rings. The zero-order valence-electron chi connectivity index (χ0n) is 52.2. The smallest absolute Gasteiger partial charge is 0.408 e. The Morgan fingerprint density at radius 1 is 0.722 bits per heavy atom. The molecule has 6 N–H and O–H groups in total. The predicted octanol–water partition coefficient (Wildman–Crippen LogP) is 6.14. The van der Waals surface area contributed by atoms with Gasteiger partial charge in [0.05, 0.1) is 61.9 Å². The normalized spacial score (nSPS) is 15.2. The Morgan fingerprint density at radius 2 is 1.34 bits per heavy atom. The number of hydrogen-bond donors (Lipinski definition) is 6. The fourth-order valence-electron chi connectivity index (χ4n) is 10.8. The SMILES string of the molecule is CCc1c2c(nc3ccc(OC(=O)C(C)(C)C)cc13)-c1cc3c(c(=O)n1C2)COC(=O)[C@@]3(CC)OC(=O)NCCNC(=O)C(C)NC(=O)C(C)NC(=O)CCC(=O)NCCCOCC(O)COC(c1ccccc1)(c1ccc(OC)cc1)c1ccc(OC)cc1. The summed E-state index contributed by atoms with van der Waals surface area (Å²) in [6.07, 6.45) is -1.51. The summed E-state index contributed by atoms with van der Waals surface area (Å²) in [4.78, 5) is 110. The van der Waals surface area contributed by atoms with Gasteiger partial charge in [-0.1, -0.05) is 68.4 Å². The van der Waals surface area contributed by atoms with E-state index in [0.717, 1.165) is 33.2 Å². The number of pyridine rings is 2. The molecule has 3 unspecified atom stereocenters. The van der Waals surface area contributed by atoms with Crippen LogP contribution >= 0.6 is 0 Å². The maximum Gasteiger partial charge on any atom is 0.408 e. The number of carbonyl (C=O) groups excluding carboxylic acids is 7. The summed E-state index contributed by atoms with van der Waals surface area (Å²) < 4.78 is 41.9. The Kier molecular flexibility index (Phi) is 21.8. The fraction of sp³-hybridized carbons (Fsp3) is 0.418. The summed E-state index contributed by atoms with van der Waals surface area (Å²) in [6, 6.07) is 29.5. The van der Waals surface area contributed by atoms with E-state index in [1.807, 2.05) is 85.8 Å². The van der Waals surface area contributed by atoms with E-state index < -0.39 is 82.0 Å². The molecule has 8 rings (SSSR count). The number of benzene rings is 4. The van der Waals surface area contributed by atoms with E-state index in [0.29, 0.717) is 47.0 Å². The standard InChI is InChI=1S/C67H79N7O16/c1-10-49-50-34-48(89-62(81)65(5,6)7)26-27-54(50)73-58-51(49)36-74-55(58)35-53-52(61(74)80)39-87-63(82)66(53,11-2)90-64(83)70-32-31-69-59(78)40(3)72-60(79)41(4)71-57(77)29-28-56(76)68-30-15-33-86-37-45(75)38-88-67(42-16-13-12-14-17-42,43-18-22-46(84-8)23-19-43)44-20-24-47(85-9)25-21-44/h12-14,16-27,34-35,40-41,45,75H,10-11,15,28-33,36-39H2,1-9H3,(H,68,76)(H,69,78)(H,70,83)(H,71,77)(H,72,79)/t40?,41?,45?,66-/m0/s1. The number of carbonyl (C=O) groups is 7. The molecule has 23 nitrogen and oxygen atoms in total. The maximum absolute atomic E-state index is 14.3. The molecular formula is C67H79N7O16. The van der Waals surface area contributed by atoms with Crippen LogP contribution in [0.4, 0.5) is 4.79 Å². The Labute approximate surface area is 521 Å². The summed E-state index contributed by atoms with van der Waals surface area (Å²) in [6.45, 7) is 11.7. The zero-order chi connectivity index (χ0) is 64.9. The Hall–Kier alpha value is -9.19. The quantitative estimate of drug-likeness (QED) is 0.0139. The number of hydrogen-bond acceptors (Lipinski definition) is 17. The average Bonchev–Trinajstić information content (AvgIpc) is 1.40. The fourth-order valence-corrected chi connectivity index (χ4v) is 10.8. The third-order valence-electron chi connectivity index (χ3n) is 15.7. The van der Waals surface area contributed by atoms with E-state index in [-0.39, 0.29) is 83.0 Å². The number of aromatic nitrogens is 2. The van der Waals surface area contributed by atoms with E-state index in [2.05, 4.69) is 26.6 Å². The van der Waals surface area contributed by atoms with Gasteiger partial charge in [0.1, 0.15) is 47.6 Å². The van der Waals surface area contributed by atoms with Crippen LogP contribution in [0, 0.1) is 5.41 Å². The van der Waals surface area contributed by atoms with Crippen LogP contribution in [-0.4, -0.2) is 128 Å². The minimum atomic E-state index is -2.01. The van der Waals surface area contributed by atoms with Crippen molar-refractivity contribution in [3.63, 3.8) is 0 Å². The molecular weight excluding hydrogens is 1160 g/mol. The number of aliphatic hydroxyl groups excluding tert-OH is 1. The van der Waals surface area contributed by atoms with Gasteiger partial charge in [0.2, 0.25) is 29.2 Å². The second kappa shape index (κ2) is 29.4. The predicted molar refractivity (Wildman–Crippen MR) is 331 cm³/mol. The molecule has 2 aromatic heterocycles. The van der Waals surface area contributed by atoms with Gasteiger partial charge >= 0.3 is 18.0 Å². The van der Waals surface area contributed by atoms with Crippen LogP contribution in [-0.2, 0) is 78.5 Å². The number of nitrogens with zero attached hydrogens (tertiary/aromatic N) is 2. The minimum absolute atomic E-state index is 0.0404. The van der Waals surface area contributed by atoms with Crippen molar-refractivity contribution in [2.75, 3.05) is 53.7 Å². The number of aryl methyl sites for hydroxylation is 1. The third kappa shape index (κ3) is 15.1. The molecule has 90 heavy (non-hydrogen) atoms. The van der Waals surface area contributed by atoms with Crippen molar-refractivity contribution in [1.29, 1.82) is 0 Å². The van der Waals surface area contributed by atoms with E-state index in [1.165, 1.54) is 13.8 Å². The van der Waals surface area contributed by atoms with Gasteiger partial charge in [0.25, 0.3) is 5.56 Å². The molecule has 0 bridgehead atoms. The Morgan fingerprint density at radius 3 is 1.98 bits per heavy atom. The van der Waals surface area contributed by atoms with Gasteiger partial charge in [-0.05, 0) is 125 Å². The van der Waals surface area contributed by atoms with Gasteiger partial charge in [0, 0.05) is 55.6 Å². The highest BCUT2D eigenvalue weighted by atomic mass is 16.6. The zero-order valence-corrected chi connectivity index (χ0v) is 52.2. The first-order valence-corrected chi connectivity index (χ1v) is 30.0. The summed E-state index contributed by atoms with van der Waals surface area (Å²) >= 11 is 0. The van der Waals surface area contributed by atoms with Gasteiger partial charge in [-0.2, -0.15) is 0 Å². The van der Waals surface area contributed by atoms with Crippen molar-refractivity contribution >= 4 is 52.6 Å². The number of ether oxygens (including phenoxy) is 7. The van der Waals surface area contributed by atoms with Crippen molar-refractivity contribution in [1.82, 2.24) is 36.1 Å². The Balaban J connectivity index is 0.740. The number of esters is 2. The third-order valence-corrected chi connectivity index (χ3v) is 15.7. The van der Waals surface area contributed by atoms with Gasteiger partial charge in [-0.15, -0.1) is 0 Å². The van der Waals surface area contributed by atoms with Crippen LogP contribution in [0.1, 0.15) is 113 Å². The number of alkyl carbamates (subject to hydrolysis) is 1. The van der Waals surface area contributed by atoms with Gasteiger partial charge in [-0.3, -0.25) is 28.8 Å². The topological polar surface area (TPSA) is 299 Å². The second-order valence-electron chi connectivity index (χ2n) is 23.0. The number of methoxy groups -OCH3 is 2. The molecule has 0 aliphatic carbocycles. The van der Waals surface area contributed by atoms with Crippen LogP contribution in [0.25, 0.3) is 22.3 Å². The number of cyclic esters (lactones) is 1. The van der Waals surface area contributed by atoms with E-state index in [9.17, 15) is 43.5 Å². The van der Waals surface area contributed by atoms with Gasteiger partial charge in [0.15, 0.2) is 0 Å². The van der Waals surface area contributed by atoms with Crippen molar-refractivity contribution in [3.05, 3.63) is 152 Å². The number of nitrogens with one attached hydrogen (secondary N) is 5. The summed E-state index contributed by atoms with van der Waals surface area (Å²) in [5, 5.41) is 24.8. The number of aliphatic hydroxyl groups is 1. The van der Waals surface area contributed by atoms with Gasteiger partial charge in [-0.25, -0.2) is 14.6 Å². The van der Waals surface area contributed by atoms with Crippen LogP contribution < -0.4 is 46.4 Å². The molecule has 0 radical (unpaired) electrons. The molecule has 478 valence electrons. The van der Waals surface area contributed by atoms with Crippen LogP contribution in [0.3, 0.4) is 0 Å². The van der Waals surface area contributed by atoms with Crippen molar-refractivity contribution in [2.24, 2.45) is 5.41 Å². The second-order valence-corrected chi connectivity index (χ2v) is 23.0. The lowest BCUT2D eigenvalue weighted by Gasteiger charge is -2.36. The molecule has 2 aliphatic rings. The molecule has 5 amide bonds. The molecule has 0 saturated heterocycles. The molecule has 2 aliphatic heterocycles. The summed E-state index contributed by atoms with van der Waals surface area (Å²) in [5.74, 6) is -1.77. The van der Waals surface area contributed by atoms with Gasteiger partial charge < -0.3 is 69.4 Å². The minimum Gasteiger partial charge on any atom is -0.497 e. The van der Waals surface area contributed by atoms with E-state index in [1.54, 1.807) is 70.7 Å². The highest BCUT2D eigenvalue weighted by molar-refractivity contribution is 5.93. The molecule has 4 atom stereocenters. The summed E-state index contributed by atoms with van der Waals surface area (Å²) in [5.41, 5.74) is 1.75. The first kappa shape index (κ1) is 66.8. The number of fused-ring (bicyclic) bond motifs is 5. The van der Waals surface area contributed by atoms with Crippen LogP contribution in [0.15, 0.2) is 108 Å². The lowest BCUT2D eigenvalue weighted by Crippen LogP contribution is -2.52. The highest BCUT2D eigenvalue weighted by Crippen LogP contribution is 2.44. The van der Waals surface area contributed by atoms with E-state index >= 15 is 0 Å². The van der Waals surface area contributed by atoms with Crippen molar-refractivity contribution in [3.8, 4) is 28.6 Å². The Bertz CT molecular complexity index is 3610. The summed E-state index contributed by atoms with van der Waals surface area (Å²) in [7, 11) is 3.19. The molecule has 0 fully saturated rings. The average molecular weight is 1240 g/mol. The molecule has 0 saturated carbocycles. The lowest BCUT2D eigenvalue weighted by molar-refractivity contribution is -0.172. The number of rotatable bonds is 28. The van der Waals surface area contributed by atoms with Crippen molar-refractivity contribution in [2.45, 2.75) is 123 Å². The van der Waals surface area contributed by atoms with Crippen LogP contribution in [0.5, 0.6) is 17.2 Å². The highest BCUT2D eigenvalue weighted by Gasteiger charge is 2.51. The number of amides is 5. The lowest BCUT2D eigenvalue weighted by atomic mass is 9.80. The monoisotopic (exact) mass is 1240 g/mol. The maximum atomic E-state index is 14.3. The van der Waals surface area contributed by atoms with Crippen molar-refractivity contribution < 1.29 is 71.8 Å². The molecule has 4 aromatic carbocycles. The molecule has 23 heteroatoms. The largest absolute Gasteiger partial charge is 0.497 e.